The molecule has 0 aromatic rings. The third kappa shape index (κ3) is 8.85. The first-order valence-electron chi connectivity index (χ1n) is 10.8. The molecular formula is C23H36O10. The Hall–Kier alpha value is -2.33. The molecule has 0 N–H and O–H groups in total. The van der Waals surface area contributed by atoms with Crippen LogP contribution in [0.2, 0.25) is 0 Å². The lowest BCUT2D eigenvalue weighted by atomic mass is 9.97. The van der Waals surface area contributed by atoms with Crippen molar-refractivity contribution in [1.29, 1.82) is 0 Å². The molecule has 0 saturated carbocycles. The Labute approximate surface area is 194 Å². The number of rotatable bonds is 5. The monoisotopic (exact) mass is 472 g/mol. The van der Waals surface area contributed by atoms with E-state index in [4.69, 9.17) is 23.7 Å². The minimum atomic E-state index is -1.49. The van der Waals surface area contributed by atoms with Gasteiger partial charge in [0.05, 0.1) is 0 Å². The van der Waals surface area contributed by atoms with E-state index in [0.29, 0.717) is 19.6 Å². The molecule has 0 aromatic heterocycles. The van der Waals surface area contributed by atoms with Gasteiger partial charge in [0.2, 0.25) is 5.92 Å². The second-order valence-electron chi connectivity index (χ2n) is 9.31. The van der Waals surface area contributed by atoms with Crippen molar-refractivity contribution in [1.82, 2.24) is 0 Å². The number of cyclic esters (lactones) is 2. The zero-order valence-electron chi connectivity index (χ0n) is 19.3. The van der Waals surface area contributed by atoms with Gasteiger partial charge in [0.25, 0.3) is 5.79 Å². The minimum absolute atomic E-state index is 0. The highest BCUT2D eigenvalue weighted by molar-refractivity contribution is 6.17. The summed E-state index contributed by atoms with van der Waals surface area (Å²) in [4.78, 5) is 58.0. The maximum Gasteiger partial charge on any atom is 0.331 e. The summed E-state index contributed by atoms with van der Waals surface area (Å²) in [6.45, 7) is 9.30. The Morgan fingerprint density at radius 2 is 1.42 bits per heavy atom. The van der Waals surface area contributed by atoms with E-state index in [1.807, 2.05) is 0 Å². The molecule has 0 bridgehead atoms. The number of Topliss-reactive ketones (excluding diaryl/α,β-unsaturated/α-hetero) is 2. The number of ketones is 2. The van der Waals surface area contributed by atoms with Gasteiger partial charge in [-0.2, -0.15) is 0 Å². The molecule has 0 spiro atoms. The molecular weight excluding hydrogens is 436 g/mol. The van der Waals surface area contributed by atoms with Crippen LogP contribution in [0.4, 0.5) is 0 Å². The quantitative estimate of drug-likeness (QED) is 0.434. The van der Waals surface area contributed by atoms with Crippen molar-refractivity contribution < 1.29 is 47.7 Å². The van der Waals surface area contributed by atoms with Crippen LogP contribution >= 0.6 is 0 Å². The highest BCUT2D eigenvalue weighted by atomic mass is 16.7. The molecule has 3 aliphatic heterocycles. The predicted octanol–water partition coefficient (Wildman–Crippen LogP) is 2.29. The predicted molar refractivity (Wildman–Crippen MR) is 115 cm³/mol. The summed E-state index contributed by atoms with van der Waals surface area (Å²) in [5.41, 5.74) is -0.534. The minimum Gasteiger partial charge on any atom is -0.460 e. The first kappa shape index (κ1) is 28.7. The standard InChI is InChI=1S/C11H14O6.C11H18O4.CH4/c1-11(2)16-9(13)7(10(14)17-11)8(12)6-4-3-5-15-6;1-11(2,3)15-10(13)7-8(12)9-5-4-6-14-9;/h6-7H,3-5H2,1-2H3;9H,4-7H2,1-3H3;1H4/t6-;9-;/m00./s1. The van der Waals surface area contributed by atoms with Gasteiger partial charge in [0.1, 0.15) is 24.2 Å². The third-order valence-corrected chi connectivity index (χ3v) is 4.72. The molecule has 33 heavy (non-hydrogen) atoms. The molecule has 0 unspecified atom stereocenters. The van der Waals surface area contributed by atoms with Gasteiger partial charge >= 0.3 is 17.9 Å². The number of esters is 3. The smallest absolute Gasteiger partial charge is 0.331 e. The second-order valence-corrected chi connectivity index (χ2v) is 9.31. The molecule has 0 aliphatic carbocycles. The van der Waals surface area contributed by atoms with Crippen LogP contribution in [0.3, 0.4) is 0 Å². The van der Waals surface area contributed by atoms with E-state index >= 15 is 0 Å². The highest BCUT2D eigenvalue weighted by Crippen LogP contribution is 2.26. The molecule has 0 radical (unpaired) electrons. The lowest BCUT2D eigenvalue weighted by Gasteiger charge is -2.32. The second kappa shape index (κ2) is 11.7. The molecule has 10 nitrogen and oxygen atoms in total. The van der Waals surface area contributed by atoms with Gasteiger partial charge in [0.15, 0.2) is 11.6 Å². The molecule has 0 amide bonds. The summed E-state index contributed by atoms with van der Waals surface area (Å²) >= 11 is 0. The fourth-order valence-corrected chi connectivity index (χ4v) is 3.40. The Morgan fingerprint density at radius 3 is 1.85 bits per heavy atom. The van der Waals surface area contributed by atoms with Crippen molar-refractivity contribution >= 4 is 29.5 Å². The van der Waals surface area contributed by atoms with Crippen molar-refractivity contribution in [2.45, 2.75) is 97.7 Å². The van der Waals surface area contributed by atoms with E-state index in [1.54, 1.807) is 20.8 Å². The van der Waals surface area contributed by atoms with Gasteiger partial charge in [-0.3, -0.25) is 24.0 Å². The average molecular weight is 473 g/mol. The van der Waals surface area contributed by atoms with Gasteiger partial charge in [-0.05, 0) is 46.5 Å². The topological polar surface area (TPSA) is 132 Å². The molecule has 0 aromatic carbocycles. The molecule has 188 valence electrons. The highest BCUT2D eigenvalue weighted by Gasteiger charge is 2.49. The summed E-state index contributed by atoms with van der Waals surface area (Å²) in [6.07, 6.45) is 1.63. The van der Waals surface area contributed by atoms with Crippen molar-refractivity contribution in [3.8, 4) is 0 Å². The van der Waals surface area contributed by atoms with Crippen molar-refractivity contribution in [2.75, 3.05) is 13.2 Å². The van der Waals surface area contributed by atoms with Crippen LogP contribution in [0.15, 0.2) is 0 Å². The van der Waals surface area contributed by atoms with Crippen LogP contribution in [0.1, 0.15) is 74.1 Å². The normalized spacial score (nSPS) is 24.5. The fourth-order valence-electron chi connectivity index (χ4n) is 3.40. The van der Waals surface area contributed by atoms with Crippen molar-refractivity contribution in [3.05, 3.63) is 0 Å². The van der Waals surface area contributed by atoms with E-state index in [1.165, 1.54) is 13.8 Å². The van der Waals surface area contributed by atoms with E-state index in [2.05, 4.69) is 0 Å². The summed E-state index contributed by atoms with van der Waals surface area (Å²) in [7, 11) is 0. The maximum absolute atomic E-state index is 11.9. The summed E-state index contributed by atoms with van der Waals surface area (Å²) in [6, 6.07) is 0. The zero-order valence-corrected chi connectivity index (χ0v) is 19.3. The molecule has 10 heteroatoms. The lowest BCUT2D eigenvalue weighted by Crippen LogP contribution is -2.51. The molecule has 2 atom stereocenters. The number of hydrogen-bond donors (Lipinski definition) is 0. The van der Waals surface area contributed by atoms with Gasteiger partial charge in [-0.15, -0.1) is 0 Å². The Morgan fingerprint density at radius 1 is 0.939 bits per heavy atom. The molecule has 3 fully saturated rings. The number of carbonyl (C=O) groups is 5. The van der Waals surface area contributed by atoms with Crippen LogP contribution in [-0.4, -0.2) is 66.3 Å². The van der Waals surface area contributed by atoms with Crippen LogP contribution in [0.25, 0.3) is 0 Å². The summed E-state index contributed by atoms with van der Waals surface area (Å²) in [5, 5.41) is 0. The van der Waals surface area contributed by atoms with Gasteiger partial charge in [0, 0.05) is 27.1 Å². The average Bonchev–Trinajstić information content (AvgIpc) is 3.33. The van der Waals surface area contributed by atoms with E-state index in [0.717, 1.165) is 19.3 Å². The van der Waals surface area contributed by atoms with Crippen LogP contribution in [-0.2, 0) is 47.7 Å². The largest absolute Gasteiger partial charge is 0.460 e. The third-order valence-electron chi connectivity index (χ3n) is 4.72. The Balaban J connectivity index is 0.000000323. The molecule has 3 rings (SSSR count). The first-order valence-corrected chi connectivity index (χ1v) is 10.8. The first-order chi connectivity index (χ1) is 14.8. The number of ether oxygens (including phenoxy) is 5. The summed E-state index contributed by atoms with van der Waals surface area (Å²) < 4.78 is 25.2. The zero-order chi connectivity index (χ0) is 24.1. The van der Waals surface area contributed by atoms with E-state index in [-0.39, 0.29) is 19.6 Å². The van der Waals surface area contributed by atoms with E-state index in [9.17, 15) is 24.0 Å². The van der Waals surface area contributed by atoms with Gasteiger partial charge in [-0.25, -0.2) is 0 Å². The number of hydrogen-bond acceptors (Lipinski definition) is 10. The number of carbonyl (C=O) groups excluding carboxylic acids is 5. The Kier molecular flexibility index (Phi) is 10.2. The van der Waals surface area contributed by atoms with Gasteiger partial charge in [-0.1, -0.05) is 7.43 Å². The molecule has 3 aliphatic rings. The van der Waals surface area contributed by atoms with Crippen molar-refractivity contribution in [2.24, 2.45) is 5.92 Å². The fraction of sp³-hybridized carbons (Fsp3) is 0.783. The molecule has 3 saturated heterocycles. The van der Waals surface area contributed by atoms with Crippen molar-refractivity contribution in [3.63, 3.8) is 0 Å². The molecule has 3 heterocycles. The lowest BCUT2D eigenvalue weighted by molar-refractivity contribution is -0.239. The summed E-state index contributed by atoms with van der Waals surface area (Å²) in [5.74, 6) is -5.70. The maximum atomic E-state index is 11.9. The SMILES string of the molecule is C.CC(C)(C)OC(=O)CC(=O)[C@@H]1CCCO1.CC1(C)OC(=O)C(C(=O)[C@@H]2CCCO2)C(=O)O1. The van der Waals surface area contributed by atoms with E-state index < -0.39 is 53.2 Å². The van der Waals surface area contributed by atoms with Crippen LogP contribution in [0.5, 0.6) is 0 Å². The Bertz CT molecular complexity index is 717. The van der Waals surface area contributed by atoms with Crippen LogP contribution in [0, 0.1) is 5.92 Å². The van der Waals surface area contributed by atoms with Gasteiger partial charge < -0.3 is 23.7 Å². The van der Waals surface area contributed by atoms with Crippen LogP contribution < -0.4 is 0 Å².